The molecule has 1 saturated heterocycles. The molecule has 0 atom stereocenters. The predicted octanol–water partition coefficient (Wildman–Crippen LogP) is 5.09. The number of fused-ring (bicyclic) bond motifs is 1. The lowest BCUT2D eigenvalue weighted by atomic mass is 10.0. The zero-order valence-electron chi connectivity index (χ0n) is 21.0. The van der Waals surface area contributed by atoms with E-state index in [1.807, 2.05) is 71.6 Å². The number of hydrogen-bond donors (Lipinski definition) is 1. The summed E-state index contributed by atoms with van der Waals surface area (Å²) in [6, 6.07) is 22.4. The average Bonchev–Trinajstić information content (AvgIpc) is 3.50. The molecule has 0 saturated carbocycles. The first kappa shape index (κ1) is 24.3. The highest BCUT2D eigenvalue weighted by Crippen LogP contribution is 2.33. The number of pyridine rings is 1. The summed E-state index contributed by atoms with van der Waals surface area (Å²) in [4.78, 5) is 32.9. The van der Waals surface area contributed by atoms with Crippen LogP contribution in [-0.4, -0.2) is 49.0 Å². The minimum Gasteiger partial charge on any atom is -0.493 e. The van der Waals surface area contributed by atoms with Gasteiger partial charge in [-0.25, -0.2) is 4.98 Å². The van der Waals surface area contributed by atoms with Gasteiger partial charge in [0.2, 0.25) is 0 Å². The Morgan fingerprint density at radius 2 is 1.68 bits per heavy atom. The van der Waals surface area contributed by atoms with Crippen LogP contribution in [0, 0.1) is 0 Å². The monoisotopic (exact) mass is 495 g/mol. The number of ether oxygens (including phenoxy) is 2. The summed E-state index contributed by atoms with van der Waals surface area (Å²) in [5.74, 6) is 1.04. The fourth-order valence-electron chi connectivity index (χ4n) is 4.70. The van der Waals surface area contributed by atoms with Gasteiger partial charge in [-0.15, -0.1) is 0 Å². The van der Waals surface area contributed by atoms with Crippen molar-refractivity contribution < 1.29 is 19.1 Å². The highest BCUT2D eigenvalue weighted by atomic mass is 16.5. The van der Waals surface area contributed by atoms with E-state index in [4.69, 9.17) is 14.5 Å². The molecule has 0 radical (unpaired) electrons. The number of hydrogen-bond acceptors (Lipinski definition) is 5. The molecule has 0 spiro atoms. The van der Waals surface area contributed by atoms with E-state index in [0.29, 0.717) is 34.9 Å². The van der Waals surface area contributed by atoms with Crippen molar-refractivity contribution in [3.63, 3.8) is 0 Å². The van der Waals surface area contributed by atoms with Crippen LogP contribution in [0.5, 0.6) is 11.5 Å². The maximum absolute atomic E-state index is 13.4. The summed E-state index contributed by atoms with van der Waals surface area (Å²) in [6.07, 6.45) is 2.10. The molecule has 37 heavy (non-hydrogen) atoms. The maximum atomic E-state index is 13.4. The molecule has 4 aromatic rings. The maximum Gasteiger partial charge on any atom is 0.253 e. The normalized spacial score (nSPS) is 13.0. The number of nitrogens with zero attached hydrogens (tertiary/aromatic N) is 2. The van der Waals surface area contributed by atoms with Crippen LogP contribution in [0.3, 0.4) is 0 Å². The first-order valence-corrected chi connectivity index (χ1v) is 12.4. The molecule has 188 valence electrons. The number of benzene rings is 3. The van der Waals surface area contributed by atoms with Gasteiger partial charge in [-0.2, -0.15) is 0 Å². The van der Waals surface area contributed by atoms with Crippen LogP contribution in [0.4, 0.5) is 0 Å². The van der Waals surface area contributed by atoms with Gasteiger partial charge in [0.15, 0.2) is 11.5 Å². The fourth-order valence-corrected chi connectivity index (χ4v) is 4.70. The lowest BCUT2D eigenvalue weighted by molar-refractivity contribution is 0.0792. The highest BCUT2D eigenvalue weighted by molar-refractivity contribution is 6.07. The second-order valence-electron chi connectivity index (χ2n) is 9.02. The first-order chi connectivity index (χ1) is 18.1. The SMILES string of the molecule is COc1ccc(-c2cc(C(=O)NCc3cccc(C(=O)N4CCCC4)c3)c3ccccc3n2)cc1OC. The Morgan fingerprint density at radius 1 is 0.892 bits per heavy atom. The van der Waals surface area contributed by atoms with Crippen LogP contribution in [0.1, 0.15) is 39.1 Å². The Hall–Kier alpha value is -4.39. The van der Waals surface area contributed by atoms with Gasteiger partial charge in [0.1, 0.15) is 0 Å². The van der Waals surface area contributed by atoms with Crippen molar-refractivity contribution in [2.45, 2.75) is 19.4 Å². The largest absolute Gasteiger partial charge is 0.493 e. The molecule has 7 nitrogen and oxygen atoms in total. The number of likely N-dealkylation sites (tertiary alicyclic amines) is 1. The van der Waals surface area contributed by atoms with E-state index in [-0.39, 0.29) is 11.8 Å². The van der Waals surface area contributed by atoms with Gasteiger partial charge in [0.05, 0.1) is 31.0 Å². The third-order valence-electron chi connectivity index (χ3n) is 6.66. The number of rotatable bonds is 7. The van der Waals surface area contributed by atoms with E-state index in [1.165, 1.54) is 0 Å². The van der Waals surface area contributed by atoms with Gasteiger partial charge in [0, 0.05) is 36.1 Å². The van der Waals surface area contributed by atoms with E-state index >= 15 is 0 Å². The molecule has 1 aliphatic rings. The van der Waals surface area contributed by atoms with Gasteiger partial charge < -0.3 is 19.7 Å². The summed E-state index contributed by atoms with van der Waals surface area (Å²) < 4.78 is 10.8. The molecule has 7 heteroatoms. The van der Waals surface area contributed by atoms with Crippen molar-refractivity contribution in [1.82, 2.24) is 15.2 Å². The van der Waals surface area contributed by atoms with Crippen LogP contribution >= 0.6 is 0 Å². The summed E-state index contributed by atoms with van der Waals surface area (Å²) in [5.41, 5.74) is 4.24. The van der Waals surface area contributed by atoms with Crippen molar-refractivity contribution >= 4 is 22.7 Å². The summed E-state index contributed by atoms with van der Waals surface area (Å²) >= 11 is 0. The Kier molecular flexibility index (Phi) is 7.03. The van der Waals surface area contributed by atoms with Gasteiger partial charge in [-0.05, 0) is 60.9 Å². The lowest BCUT2D eigenvalue weighted by Crippen LogP contribution is -2.28. The van der Waals surface area contributed by atoms with Crippen molar-refractivity contribution in [1.29, 1.82) is 0 Å². The van der Waals surface area contributed by atoms with Gasteiger partial charge >= 0.3 is 0 Å². The molecule has 2 amide bonds. The van der Waals surface area contributed by atoms with Crippen LogP contribution < -0.4 is 14.8 Å². The number of methoxy groups -OCH3 is 2. The molecular formula is C30H29N3O4. The first-order valence-electron chi connectivity index (χ1n) is 12.4. The number of nitrogens with one attached hydrogen (secondary N) is 1. The van der Waals surface area contributed by atoms with Gasteiger partial charge in [0.25, 0.3) is 11.8 Å². The Morgan fingerprint density at radius 3 is 2.46 bits per heavy atom. The van der Waals surface area contributed by atoms with Crippen LogP contribution in [0.15, 0.2) is 72.8 Å². The fraction of sp³-hybridized carbons (Fsp3) is 0.233. The molecular weight excluding hydrogens is 466 g/mol. The number of carbonyl (C=O) groups excluding carboxylic acids is 2. The topological polar surface area (TPSA) is 80.8 Å². The summed E-state index contributed by atoms with van der Waals surface area (Å²) in [5, 5.41) is 3.79. The molecule has 5 rings (SSSR count). The third-order valence-corrected chi connectivity index (χ3v) is 6.66. The molecule has 0 aliphatic carbocycles. The minimum atomic E-state index is -0.211. The molecule has 2 heterocycles. The van der Waals surface area contributed by atoms with E-state index in [9.17, 15) is 9.59 Å². The number of amides is 2. The van der Waals surface area contributed by atoms with Crippen molar-refractivity contribution in [3.05, 3.63) is 89.5 Å². The van der Waals surface area contributed by atoms with E-state index < -0.39 is 0 Å². The molecule has 1 fully saturated rings. The molecule has 3 aromatic carbocycles. The highest BCUT2D eigenvalue weighted by Gasteiger charge is 2.20. The zero-order valence-corrected chi connectivity index (χ0v) is 21.0. The number of carbonyl (C=O) groups is 2. The second-order valence-corrected chi connectivity index (χ2v) is 9.02. The van der Waals surface area contributed by atoms with Gasteiger partial charge in [-0.3, -0.25) is 9.59 Å². The number of aromatic nitrogens is 1. The average molecular weight is 496 g/mol. The predicted molar refractivity (Wildman–Crippen MR) is 143 cm³/mol. The quantitative estimate of drug-likeness (QED) is 0.387. The van der Waals surface area contributed by atoms with Gasteiger partial charge in [-0.1, -0.05) is 30.3 Å². The molecule has 0 bridgehead atoms. The van der Waals surface area contributed by atoms with Crippen molar-refractivity contribution in [2.75, 3.05) is 27.3 Å². The lowest BCUT2D eigenvalue weighted by Gasteiger charge is -2.16. The summed E-state index contributed by atoms with van der Waals surface area (Å²) in [7, 11) is 3.17. The van der Waals surface area contributed by atoms with Crippen LogP contribution in [0.25, 0.3) is 22.2 Å². The molecule has 1 aliphatic heterocycles. The third kappa shape index (κ3) is 5.11. The van der Waals surface area contributed by atoms with Crippen molar-refractivity contribution in [2.24, 2.45) is 0 Å². The minimum absolute atomic E-state index is 0.0466. The standard InChI is InChI=1S/C30H29N3O4/c1-36-27-13-12-21(17-28(27)37-2)26-18-24(23-10-3-4-11-25(23)32-26)29(34)31-19-20-8-7-9-22(16-20)30(35)33-14-5-6-15-33/h3-4,7-13,16-18H,5-6,14-15,19H2,1-2H3,(H,31,34). The smallest absolute Gasteiger partial charge is 0.253 e. The summed E-state index contributed by atoms with van der Waals surface area (Å²) in [6.45, 7) is 1.91. The van der Waals surface area contributed by atoms with Crippen molar-refractivity contribution in [3.8, 4) is 22.8 Å². The van der Waals surface area contributed by atoms with Crippen LogP contribution in [0.2, 0.25) is 0 Å². The molecule has 0 unspecified atom stereocenters. The Labute approximate surface area is 216 Å². The van der Waals surface area contributed by atoms with E-state index in [1.54, 1.807) is 20.3 Å². The van der Waals surface area contributed by atoms with Crippen LogP contribution in [-0.2, 0) is 6.54 Å². The number of para-hydroxylation sites is 1. The van der Waals surface area contributed by atoms with E-state index in [0.717, 1.165) is 48.0 Å². The van der Waals surface area contributed by atoms with E-state index in [2.05, 4.69) is 5.32 Å². The molecule has 1 N–H and O–H groups in total. The molecule has 1 aromatic heterocycles. The Balaban J connectivity index is 1.41. The second kappa shape index (κ2) is 10.7. The zero-order chi connectivity index (χ0) is 25.8. The Bertz CT molecular complexity index is 1460.